The molecule has 0 bridgehead atoms. The number of para-hydroxylation sites is 1. The highest BCUT2D eigenvalue weighted by Crippen LogP contribution is 2.40. The molecule has 0 radical (unpaired) electrons. The third kappa shape index (κ3) is 3.28. The topological polar surface area (TPSA) is 72.0 Å². The Balaban J connectivity index is 2.03. The van der Waals surface area contributed by atoms with Crippen molar-refractivity contribution in [3.63, 3.8) is 0 Å². The standard InChI is InChI=1S/C18H15NO4S/c1-11-8-9-13(23-11)10-14-16(20)15(18(21)22-2)17(24-14)19-12-6-4-3-5-7-12/h3-10,20H,1-2H3/b14-10-,19-17?. The van der Waals surface area contributed by atoms with Crippen molar-refractivity contribution >= 4 is 34.5 Å². The van der Waals surface area contributed by atoms with E-state index in [1.165, 1.54) is 18.9 Å². The number of hydrogen-bond donors (Lipinski definition) is 1. The summed E-state index contributed by atoms with van der Waals surface area (Å²) in [6.45, 7) is 1.83. The molecule has 0 saturated heterocycles. The lowest BCUT2D eigenvalue weighted by molar-refractivity contribution is -0.135. The summed E-state index contributed by atoms with van der Waals surface area (Å²) >= 11 is 1.20. The van der Waals surface area contributed by atoms with E-state index in [2.05, 4.69) is 4.99 Å². The number of aliphatic hydroxyl groups is 1. The van der Waals surface area contributed by atoms with E-state index in [0.29, 0.717) is 21.4 Å². The minimum Gasteiger partial charge on any atom is -0.506 e. The Hall–Kier alpha value is -2.73. The molecule has 0 saturated carbocycles. The van der Waals surface area contributed by atoms with E-state index in [1.54, 1.807) is 12.1 Å². The van der Waals surface area contributed by atoms with Gasteiger partial charge >= 0.3 is 5.97 Å². The van der Waals surface area contributed by atoms with Crippen molar-refractivity contribution in [1.29, 1.82) is 0 Å². The third-order valence-corrected chi connectivity index (χ3v) is 4.32. The van der Waals surface area contributed by atoms with Gasteiger partial charge in [-0.1, -0.05) is 30.0 Å². The molecule has 1 aromatic carbocycles. The highest BCUT2D eigenvalue weighted by Gasteiger charge is 2.33. The number of esters is 1. The molecule has 1 aliphatic heterocycles. The Kier molecular flexibility index (Phi) is 4.57. The lowest BCUT2D eigenvalue weighted by atomic mass is 10.2. The van der Waals surface area contributed by atoms with Crippen LogP contribution in [0.25, 0.3) is 6.08 Å². The number of ether oxygens (including phenoxy) is 1. The molecule has 24 heavy (non-hydrogen) atoms. The Morgan fingerprint density at radius 1 is 1.25 bits per heavy atom. The van der Waals surface area contributed by atoms with Gasteiger partial charge < -0.3 is 14.3 Å². The van der Waals surface area contributed by atoms with Gasteiger partial charge in [0.2, 0.25) is 0 Å². The molecule has 3 rings (SSSR count). The molecule has 6 heteroatoms. The SMILES string of the molecule is COC(=O)C1=C(O)/C(=C/c2ccc(C)o2)SC1=Nc1ccccc1. The summed E-state index contributed by atoms with van der Waals surface area (Å²) < 4.78 is 10.3. The van der Waals surface area contributed by atoms with Crippen LogP contribution in [0.15, 0.2) is 68.1 Å². The lowest BCUT2D eigenvalue weighted by Crippen LogP contribution is -2.10. The van der Waals surface area contributed by atoms with E-state index in [9.17, 15) is 9.90 Å². The molecule has 0 fully saturated rings. The average molecular weight is 341 g/mol. The quantitative estimate of drug-likeness (QED) is 0.838. The van der Waals surface area contributed by atoms with E-state index in [1.807, 2.05) is 43.3 Å². The molecule has 0 atom stereocenters. The Bertz CT molecular complexity index is 862. The number of hydrogen-bond acceptors (Lipinski definition) is 6. The summed E-state index contributed by atoms with van der Waals surface area (Å²) in [5, 5.41) is 10.8. The molecule has 2 aromatic rings. The lowest BCUT2D eigenvalue weighted by Gasteiger charge is -2.01. The van der Waals surface area contributed by atoms with Crippen molar-refractivity contribution in [2.24, 2.45) is 4.99 Å². The number of carbonyl (C=O) groups excluding carboxylic acids is 1. The molecular weight excluding hydrogens is 326 g/mol. The number of aryl methyl sites for hydroxylation is 1. The van der Waals surface area contributed by atoms with E-state index in [0.717, 1.165) is 5.76 Å². The highest BCUT2D eigenvalue weighted by molar-refractivity contribution is 8.18. The van der Waals surface area contributed by atoms with Crippen molar-refractivity contribution in [1.82, 2.24) is 0 Å². The Morgan fingerprint density at radius 3 is 2.62 bits per heavy atom. The number of methoxy groups -OCH3 is 1. The first-order valence-electron chi connectivity index (χ1n) is 7.20. The zero-order chi connectivity index (χ0) is 17.1. The fourth-order valence-electron chi connectivity index (χ4n) is 2.17. The number of aliphatic hydroxyl groups excluding tert-OH is 1. The fourth-order valence-corrected chi connectivity index (χ4v) is 3.19. The van der Waals surface area contributed by atoms with E-state index < -0.39 is 5.97 Å². The normalized spacial score (nSPS) is 17.8. The van der Waals surface area contributed by atoms with Crippen molar-refractivity contribution in [2.75, 3.05) is 7.11 Å². The third-order valence-electron chi connectivity index (χ3n) is 3.30. The summed E-state index contributed by atoms with van der Waals surface area (Å²) in [5.41, 5.74) is 0.741. The summed E-state index contributed by atoms with van der Waals surface area (Å²) in [4.78, 5) is 17.0. The molecule has 2 heterocycles. The van der Waals surface area contributed by atoms with Crippen LogP contribution in [0.3, 0.4) is 0 Å². The van der Waals surface area contributed by atoms with Crippen LogP contribution in [0, 0.1) is 6.92 Å². The first kappa shape index (κ1) is 16.1. The number of aliphatic imine (C=N–C) groups is 1. The molecule has 0 aliphatic carbocycles. The van der Waals surface area contributed by atoms with Crippen molar-refractivity contribution in [2.45, 2.75) is 6.92 Å². The summed E-state index contributed by atoms with van der Waals surface area (Å²) in [6, 6.07) is 12.8. The molecular formula is C18H15NO4S. The summed E-state index contributed by atoms with van der Waals surface area (Å²) in [7, 11) is 1.27. The maximum atomic E-state index is 12.0. The zero-order valence-electron chi connectivity index (χ0n) is 13.1. The van der Waals surface area contributed by atoms with E-state index >= 15 is 0 Å². The highest BCUT2D eigenvalue weighted by atomic mass is 32.2. The average Bonchev–Trinajstić information content (AvgIpc) is 3.12. The molecule has 5 nitrogen and oxygen atoms in total. The van der Waals surface area contributed by atoms with Gasteiger partial charge in [-0.05, 0) is 37.3 Å². The van der Waals surface area contributed by atoms with E-state index in [4.69, 9.17) is 9.15 Å². The number of thioether (sulfide) groups is 1. The zero-order valence-corrected chi connectivity index (χ0v) is 14.0. The second-order valence-electron chi connectivity index (χ2n) is 5.03. The van der Waals surface area contributed by atoms with E-state index in [-0.39, 0.29) is 11.3 Å². The van der Waals surface area contributed by atoms with Crippen LogP contribution >= 0.6 is 11.8 Å². The van der Waals surface area contributed by atoms with Gasteiger partial charge in [-0.25, -0.2) is 9.79 Å². The number of benzene rings is 1. The Morgan fingerprint density at radius 2 is 2.00 bits per heavy atom. The van der Waals surface area contributed by atoms with Crippen molar-refractivity contribution in [3.8, 4) is 0 Å². The van der Waals surface area contributed by atoms with Crippen LogP contribution in [-0.2, 0) is 9.53 Å². The van der Waals surface area contributed by atoms with Crippen LogP contribution in [-0.4, -0.2) is 23.2 Å². The van der Waals surface area contributed by atoms with Crippen molar-refractivity contribution in [3.05, 3.63) is 70.2 Å². The smallest absolute Gasteiger partial charge is 0.344 e. The largest absolute Gasteiger partial charge is 0.506 e. The molecule has 1 aliphatic rings. The first-order valence-corrected chi connectivity index (χ1v) is 8.02. The van der Waals surface area contributed by atoms with Crippen LogP contribution in [0.5, 0.6) is 0 Å². The monoisotopic (exact) mass is 341 g/mol. The molecule has 122 valence electrons. The van der Waals surface area contributed by atoms with Gasteiger partial charge in [-0.15, -0.1) is 0 Å². The molecule has 1 aromatic heterocycles. The summed E-state index contributed by atoms with van der Waals surface area (Å²) in [6.07, 6.45) is 1.67. The van der Waals surface area contributed by atoms with Gasteiger partial charge in [0.15, 0.2) is 0 Å². The molecule has 0 spiro atoms. The Labute approximate surface area is 143 Å². The summed E-state index contributed by atoms with van der Waals surface area (Å²) in [5.74, 6) is 0.565. The molecule has 0 unspecified atom stereocenters. The predicted octanol–water partition coefficient (Wildman–Crippen LogP) is 4.39. The maximum Gasteiger partial charge on any atom is 0.344 e. The van der Waals surface area contributed by atoms with Gasteiger partial charge in [0.25, 0.3) is 0 Å². The van der Waals surface area contributed by atoms with Gasteiger partial charge in [0, 0.05) is 0 Å². The minimum atomic E-state index is -0.631. The van der Waals surface area contributed by atoms with Crippen LogP contribution < -0.4 is 0 Å². The molecule has 1 N–H and O–H groups in total. The van der Waals surface area contributed by atoms with Crippen LogP contribution in [0.1, 0.15) is 11.5 Å². The van der Waals surface area contributed by atoms with Crippen molar-refractivity contribution < 1.29 is 19.1 Å². The van der Waals surface area contributed by atoms with Gasteiger partial charge in [0.05, 0.1) is 17.7 Å². The first-order chi connectivity index (χ1) is 11.6. The van der Waals surface area contributed by atoms with Crippen LogP contribution in [0.4, 0.5) is 5.69 Å². The van der Waals surface area contributed by atoms with Gasteiger partial charge in [0.1, 0.15) is 27.9 Å². The maximum absolute atomic E-state index is 12.0. The number of rotatable bonds is 3. The predicted molar refractivity (Wildman–Crippen MR) is 94.2 cm³/mol. The minimum absolute atomic E-state index is 0.0564. The number of carbonyl (C=O) groups is 1. The van der Waals surface area contributed by atoms with Gasteiger partial charge in [-0.2, -0.15) is 0 Å². The fraction of sp³-hybridized carbons (Fsp3) is 0.111. The van der Waals surface area contributed by atoms with Gasteiger partial charge in [-0.3, -0.25) is 0 Å². The number of furan rings is 1. The molecule has 0 amide bonds. The van der Waals surface area contributed by atoms with Crippen LogP contribution in [0.2, 0.25) is 0 Å². The number of nitrogens with zero attached hydrogens (tertiary/aromatic N) is 1. The second kappa shape index (κ2) is 6.80. The second-order valence-corrected chi connectivity index (χ2v) is 6.06.